The van der Waals surface area contributed by atoms with Gasteiger partial charge in [0, 0.05) is 38.8 Å². The predicted molar refractivity (Wildman–Crippen MR) is 100 cm³/mol. The summed E-state index contributed by atoms with van der Waals surface area (Å²) < 4.78 is 15.4. The first-order valence-electron chi connectivity index (χ1n) is 7.95. The van der Waals surface area contributed by atoms with Crippen LogP contribution in [-0.2, 0) is 18.3 Å². The van der Waals surface area contributed by atoms with Crippen molar-refractivity contribution in [2.24, 2.45) is 13.0 Å². The molecule has 3 rings (SSSR count). The number of nitrogens with zero attached hydrogens (tertiary/aromatic N) is 2. The van der Waals surface area contributed by atoms with Gasteiger partial charge in [-0.1, -0.05) is 6.07 Å². The Labute approximate surface area is 160 Å². The normalized spacial score (nSPS) is 19.5. The van der Waals surface area contributed by atoms with Gasteiger partial charge in [0.2, 0.25) is 5.91 Å². The van der Waals surface area contributed by atoms with Gasteiger partial charge in [0.1, 0.15) is 5.82 Å². The van der Waals surface area contributed by atoms with Gasteiger partial charge in [0.05, 0.1) is 16.6 Å². The van der Waals surface area contributed by atoms with E-state index in [1.165, 1.54) is 6.07 Å². The van der Waals surface area contributed by atoms with E-state index in [4.69, 9.17) is 0 Å². The number of carbonyl (C=O) groups excluding carboxylic acids is 1. The van der Waals surface area contributed by atoms with Crippen LogP contribution in [-0.4, -0.2) is 35.3 Å². The SMILES string of the molecule is Cl.Cn1cc([C@H]2CNC[C@@H]2C(=O)NCCc2ccc(F)c(Br)c2)cn1. The standard InChI is InChI=1S/C17H20BrFN4O.ClH/c1-23-10-12(7-22-23)13-8-20-9-14(13)17(24)21-5-4-11-2-3-16(19)15(18)6-11;/h2-3,6-7,10,13-14,20H,4-5,8-9H2,1H3,(H,21,24);1H/t13-,14+;/m1./s1. The number of hydrogen-bond acceptors (Lipinski definition) is 3. The van der Waals surface area contributed by atoms with E-state index in [1.54, 1.807) is 16.8 Å². The number of amides is 1. The maximum absolute atomic E-state index is 13.2. The lowest BCUT2D eigenvalue weighted by molar-refractivity contribution is -0.124. The summed E-state index contributed by atoms with van der Waals surface area (Å²) in [7, 11) is 1.88. The predicted octanol–water partition coefficient (Wildman–Crippen LogP) is 2.41. The second-order valence-corrected chi connectivity index (χ2v) is 6.96. The average Bonchev–Trinajstić information content (AvgIpc) is 3.19. The monoisotopic (exact) mass is 430 g/mol. The van der Waals surface area contributed by atoms with Gasteiger partial charge in [-0.25, -0.2) is 4.39 Å². The van der Waals surface area contributed by atoms with Crippen LogP contribution < -0.4 is 10.6 Å². The molecule has 2 heterocycles. The highest BCUT2D eigenvalue weighted by Crippen LogP contribution is 2.27. The Morgan fingerprint density at radius 3 is 2.96 bits per heavy atom. The Hall–Kier alpha value is -1.44. The van der Waals surface area contributed by atoms with Crippen LogP contribution in [0.5, 0.6) is 0 Å². The van der Waals surface area contributed by atoms with E-state index in [9.17, 15) is 9.18 Å². The maximum atomic E-state index is 13.2. The molecule has 0 spiro atoms. The first kappa shape index (κ1) is 19.9. The van der Waals surface area contributed by atoms with Crippen molar-refractivity contribution >= 4 is 34.2 Å². The van der Waals surface area contributed by atoms with E-state index in [2.05, 4.69) is 31.7 Å². The number of benzene rings is 1. The summed E-state index contributed by atoms with van der Waals surface area (Å²) in [6.07, 6.45) is 4.46. The van der Waals surface area contributed by atoms with Crippen LogP contribution in [0, 0.1) is 11.7 Å². The van der Waals surface area contributed by atoms with Gasteiger partial charge < -0.3 is 10.6 Å². The molecule has 1 aliphatic heterocycles. The van der Waals surface area contributed by atoms with Crippen LogP contribution >= 0.6 is 28.3 Å². The van der Waals surface area contributed by atoms with Crippen LogP contribution in [0.25, 0.3) is 0 Å². The second kappa shape index (κ2) is 8.78. The van der Waals surface area contributed by atoms with Gasteiger partial charge in [0.15, 0.2) is 0 Å². The first-order chi connectivity index (χ1) is 11.5. The molecule has 5 nitrogen and oxygen atoms in total. The molecule has 0 aliphatic carbocycles. The quantitative estimate of drug-likeness (QED) is 0.764. The summed E-state index contributed by atoms with van der Waals surface area (Å²) in [4.78, 5) is 12.5. The maximum Gasteiger partial charge on any atom is 0.225 e. The molecule has 25 heavy (non-hydrogen) atoms. The minimum absolute atomic E-state index is 0. The molecule has 1 saturated heterocycles. The van der Waals surface area contributed by atoms with Gasteiger partial charge in [-0.3, -0.25) is 9.48 Å². The Kier molecular flexibility index (Phi) is 6.98. The molecule has 1 aromatic heterocycles. The van der Waals surface area contributed by atoms with Gasteiger partial charge in [-0.2, -0.15) is 5.10 Å². The smallest absolute Gasteiger partial charge is 0.225 e. The fraction of sp³-hybridized carbons (Fsp3) is 0.412. The van der Waals surface area contributed by atoms with E-state index in [0.29, 0.717) is 24.0 Å². The molecule has 0 bridgehead atoms. The minimum atomic E-state index is -0.279. The summed E-state index contributed by atoms with van der Waals surface area (Å²) in [5.41, 5.74) is 2.07. The molecule has 0 radical (unpaired) electrons. The molecule has 1 aliphatic rings. The minimum Gasteiger partial charge on any atom is -0.355 e. The molecule has 2 aromatic rings. The van der Waals surface area contributed by atoms with Crippen molar-refractivity contribution in [1.29, 1.82) is 0 Å². The Morgan fingerprint density at radius 2 is 2.28 bits per heavy atom. The number of aryl methyl sites for hydroxylation is 1. The van der Waals surface area contributed by atoms with E-state index in [0.717, 1.165) is 17.7 Å². The average molecular weight is 432 g/mol. The zero-order valence-electron chi connectivity index (χ0n) is 13.8. The number of aromatic nitrogens is 2. The van der Waals surface area contributed by atoms with Crippen LogP contribution in [0.4, 0.5) is 4.39 Å². The topological polar surface area (TPSA) is 59.0 Å². The Morgan fingerprint density at radius 1 is 1.48 bits per heavy atom. The Bertz CT molecular complexity index is 739. The highest BCUT2D eigenvalue weighted by molar-refractivity contribution is 9.10. The first-order valence-corrected chi connectivity index (χ1v) is 8.75. The molecule has 1 amide bonds. The van der Waals surface area contributed by atoms with Gasteiger partial charge >= 0.3 is 0 Å². The van der Waals surface area contributed by atoms with Crippen molar-refractivity contribution in [3.63, 3.8) is 0 Å². The number of nitrogens with one attached hydrogen (secondary N) is 2. The summed E-state index contributed by atoms with van der Waals surface area (Å²) in [5, 5.41) is 10.5. The third kappa shape index (κ3) is 4.80. The molecule has 136 valence electrons. The summed E-state index contributed by atoms with van der Waals surface area (Å²) >= 11 is 3.18. The summed E-state index contributed by atoms with van der Waals surface area (Å²) in [5.74, 6) is -0.165. The molecular weight excluding hydrogens is 411 g/mol. The number of rotatable bonds is 5. The second-order valence-electron chi connectivity index (χ2n) is 6.11. The van der Waals surface area contributed by atoms with E-state index >= 15 is 0 Å². The molecule has 0 saturated carbocycles. The van der Waals surface area contributed by atoms with Crippen molar-refractivity contribution < 1.29 is 9.18 Å². The zero-order valence-corrected chi connectivity index (χ0v) is 16.2. The molecule has 1 fully saturated rings. The highest BCUT2D eigenvalue weighted by atomic mass is 79.9. The largest absolute Gasteiger partial charge is 0.355 e. The van der Waals surface area contributed by atoms with Crippen LogP contribution in [0.1, 0.15) is 17.0 Å². The van der Waals surface area contributed by atoms with Gasteiger partial charge in [-0.05, 0) is 45.6 Å². The van der Waals surface area contributed by atoms with E-state index in [1.807, 2.05) is 19.4 Å². The third-order valence-electron chi connectivity index (χ3n) is 4.40. The highest BCUT2D eigenvalue weighted by Gasteiger charge is 2.34. The molecule has 8 heteroatoms. The number of hydrogen-bond donors (Lipinski definition) is 2. The van der Waals surface area contributed by atoms with Crippen molar-refractivity contribution in [1.82, 2.24) is 20.4 Å². The third-order valence-corrected chi connectivity index (χ3v) is 5.01. The van der Waals surface area contributed by atoms with Crippen molar-refractivity contribution in [2.45, 2.75) is 12.3 Å². The molecular formula is C17H21BrClFN4O. The summed E-state index contributed by atoms with van der Waals surface area (Å²) in [6, 6.07) is 4.92. The molecule has 1 aromatic carbocycles. The lowest BCUT2D eigenvalue weighted by Gasteiger charge is -2.17. The van der Waals surface area contributed by atoms with E-state index in [-0.39, 0.29) is 36.0 Å². The molecule has 2 N–H and O–H groups in total. The van der Waals surface area contributed by atoms with Gasteiger partial charge in [0.25, 0.3) is 0 Å². The molecule has 0 unspecified atom stereocenters. The van der Waals surface area contributed by atoms with Crippen molar-refractivity contribution in [2.75, 3.05) is 19.6 Å². The van der Waals surface area contributed by atoms with Crippen LogP contribution in [0.15, 0.2) is 35.1 Å². The zero-order chi connectivity index (χ0) is 17.1. The van der Waals surface area contributed by atoms with Crippen LogP contribution in [0.3, 0.4) is 0 Å². The van der Waals surface area contributed by atoms with Gasteiger partial charge in [-0.15, -0.1) is 12.4 Å². The van der Waals surface area contributed by atoms with Crippen molar-refractivity contribution in [3.8, 4) is 0 Å². The molecule has 2 atom stereocenters. The lowest BCUT2D eigenvalue weighted by Crippen LogP contribution is -2.35. The van der Waals surface area contributed by atoms with E-state index < -0.39 is 0 Å². The number of carbonyl (C=O) groups is 1. The Balaban J connectivity index is 0.00000225. The number of halogens is 3. The fourth-order valence-corrected chi connectivity index (χ4v) is 3.52. The lowest BCUT2D eigenvalue weighted by atomic mass is 9.90. The van der Waals surface area contributed by atoms with Crippen molar-refractivity contribution in [3.05, 3.63) is 52.0 Å². The summed E-state index contributed by atoms with van der Waals surface area (Å²) in [6.45, 7) is 2.00. The fourth-order valence-electron chi connectivity index (χ4n) is 3.09. The van der Waals surface area contributed by atoms with Crippen LogP contribution in [0.2, 0.25) is 0 Å².